The summed E-state index contributed by atoms with van der Waals surface area (Å²) in [6, 6.07) is 39.2. The van der Waals surface area contributed by atoms with Gasteiger partial charge in [-0.05, 0) is 6.42 Å². The first kappa shape index (κ1) is 31.9. The predicted molar refractivity (Wildman–Crippen MR) is 150 cm³/mol. The van der Waals surface area contributed by atoms with Crippen LogP contribution in [0.3, 0.4) is 0 Å². The van der Waals surface area contributed by atoms with Gasteiger partial charge in [-0.3, -0.25) is 6.08 Å². The second-order valence-electron chi connectivity index (χ2n) is 9.30. The van der Waals surface area contributed by atoms with Crippen molar-refractivity contribution in [3.05, 3.63) is 154 Å². The third kappa shape index (κ3) is 7.86. The topological polar surface area (TPSA) is 0 Å². The summed E-state index contributed by atoms with van der Waals surface area (Å²) in [5.41, 5.74) is 12.4. The molecule has 2 aliphatic rings. The van der Waals surface area contributed by atoms with Gasteiger partial charge in [0.05, 0.1) is 0 Å². The van der Waals surface area contributed by atoms with Crippen molar-refractivity contribution in [2.75, 3.05) is 0 Å². The molecule has 4 aromatic rings. The van der Waals surface area contributed by atoms with E-state index in [1.807, 2.05) is 6.07 Å². The van der Waals surface area contributed by atoms with Crippen LogP contribution < -0.4 is 24.8 Å². The van der Waals surface area contributed by atoms with E-state index in [0.717, 1.165) is 6.42 Å². The zero-order valence-corrected chi connectivity index (χ0v) is 26.3. The van der Waals surface area contributed by atoms with Crippen LogP contribution in [0.25, 0.3) is 11.1 Å². The molecule has 0 fully saturated rings. The van der Waals surface area contributed by atoms with Crippen molar-refractivity contribution in [3.8, 4) is 11.1 Å². The molecule has 3 heteroatoms. The van der Waals surface area contributed by atoms with Gasteiger partial charge in [0.25, 0.3) is 0 Å². The van der Waals surface area contributed by atoms with E-state index in [1.165, 1.54) is 77.5 Å². The quantitative estimate of drug-likeness (QED) is 0.269. The molecule has 0 saturated carbocycles. The molecule has 192 valence electrons. The molecule has 0 aliphatic heterocycles. The van der Waals surface area contributed by atoms with E-state index in [0.29, 0.717) is 5.92 Å². The van der Waals surface area contributed by atoms with Crippen LogP contribution in [-0.4, -0.2) is 3.21 Å². The molecule has 1 unspecified atom stereocenters. The molecule has 4 aromatic carbocycles. The Labute approximate surface area is 256 Å². The summed E-state index contributed by atoms with van der Waals surface area (Å²) in [6.07, 6.45) is 4.41. The smallest absolute Gasteiger partial charge is 0.0253 e. The van der Waals surface area contributed by atoms with Crippen LogP contribution in [0.4, 0.5) is 0 Å². The third-order valence-electron chi connectivity index (χ3n) is 6.98. The first-order valence-electron chi connectivity index (χ1n) is 12.5. The van der Waals surface area contributed by atoms with Gasteiger partial charge in [0.15, 0.2) is 0 Å². The molecule has 2 aliphatic carbocycles. The summed E-state index contributed by atoms with van der Waals surface area (Å²) in [5.74, 6) is 0.560. The standard InChI is InChI=1S/C13H9.C13H10.C9H13.2ClH.Zr/c1-3-7-12-10(5-1)9-11-6-2-4-8-13(11)12;1-3-7-12(8-4-1)11-13-9-5-2-6-10-13;1-6-5-7(2)9(4)8(6)3;;;/h1-5,7-8H,9H2;1-10H;6H,1-4H3;2*1H;/q-1;;-1;;;+2/p-2. The van der Waals surface area contributed by atoms with Crippen LogP contribution >= 0.6 is 0 Å². The summed E-state index contributed by atoms with van der Waals surface area (Å²) in [6.45, 7) is 8.67. The van der Waals surface area contributed by atoms with Crippen molar-refractivity contribution in [2.24, 2.45) is 5.92 Å². The molecule has 6 rings (SSSR count). The van der Waals surface area contributed by atoms with E-state index in [2.05, 4.69) is 137 Å². The number of hydrogen-bond donors (Lipinski definition) is 0. The van der Waals surface area contributed by atoms with E-state index in [4.69, 9.17) is 0 Å². The number of fused-ring (bicyclic) bond motifs is 3. The number of benzene rings is 4. The van der Waals surface area contributed by atoms with Crippen molar-refractivity contribution in [3.63, 3.8) is 0 Å². The Morgan fingerprint density at radius 2 is 1.24 bits per heavy atom. The van der Waals surface area contributed by atoms with E-state index in [1.54, 1.807) is 0 Å². The van der Waals surface area contributed by atoms with Crippen LogP contribution in [-0.2, 0) is 30.7 Å². The van der Waals surface area contributed by atoms with Crippen LogP contribution in [0.15, 0.2) is 120 Å². The number of hydrogen-bond acceptors (Lipinski definition) is 0. The Morgan fingerprint density at radius 1 is 0.711 bits per heavy atom. The van der Waals surface area contributed by atoms with E-state index in [-0.39, 0.29) is 24.8 Å². The van der Waals surface area contributed by atoms with Gasteiger partial charge in [-0.15, -0.1) is 12.5 Å². The minimum absolute atomic E-state index is 0. The molecule has 0 saturated heterocycles. The normalized spacial score (nSPS) is 14.3. The Bertz CT molecular complexity index is 1320. The van der Waals surface area contributed by atoms with Crippen LogP contribution in [0.2, 0.25) is 0 Å². The minimum atomic E-state index is 0. The molecule has 0 spiro atoms. The molecular formula is C35H32Cl2Zr-2. The van der Waals surface area contributed by atoms with Gasteiger partial charge in [0.1, 0.15) is 0 Å². The summed E-state index contributed by atoms with van der Waals surface area (Å²) >= 11 is 1.46. The molecule has 0 amide bonds. The molecular weight excluding hydrogens is 583 g/mol. The zero-order chi connectivity index (χ0) is 25.5. The van der Waals surface area contributed by atoms with Crippen molar-refractivity contribution in [1.29, 1.82) is 0 Å². The molecule has 0 radical (unpaired) electrons. The molecule has 38 heavy (non-hydrogen) atoms. The summed E-state index contributed by atoms with van der Waals surface area (Å²) in [4.78, 5) is 0. The van der Waals surface area contributed by atoms with Crippen molar-refractivity contribution >= 4 is 3.21 Å². The largest absolute Gasteiger partial charge is 0.179 e. The maximum Gasteiger partial charge on any atom is -0.0253 e. The molecule has 0 N–H and O–H groups in total. The van der Waals surface area contributed by atoms with Gasteiger partial charge >= 0.3 is 99.2 Å². The van der Waals surface area contributed by atoms with Crippen molar-refractivity contribution in [2.45, 2.75) is 34.1 Å². The van der Waals surface area contributed by atoms with E-state index >= 15 is 0 Å². The van der Waals surface area contributed by atoms with Crippen LogP contribution in [0.1, 0.15) is 49.9 Å². The fraction of sp³-hybridized carbons (Fsp3) is 0.171. The average Bonchev–Trinajstić information content (AvgIpc) is 3.42. The average molecular weight is 615 g/mol. The summed E-state index contributed by atoms with van der Waals surface area (Å²) in [7, 11) is 0. The van der Waals surface area contributed by atoms with Crippen LogP contribution in [0, 0.1) is 18.1 Å². The Hall–Kier alpha value is -2.31. The minimum Gasteiger partial charge on any atom is -0.179 e. The van der Waals surface area contributed by atoms with E-state index < -0.39 is 0 Å². The second-order valence-corrected chi connectivity index (χ2v) is 10.5. The first-order valence-corrected chi connectivity index (χ1v) is 13.7. The van der Waals surface area contributed by atoms with Gasteiger partial charge in [0, 0.05) is 0 Å². The second kappa shape index (κ2) is 15.3. The number of halogens is 2. The SMILES string of the molecule is CC1=[C-]C(C)C(C)=C1C.[Cl-].[Cl-].[Zr+2]=[C](c1ccccc1)c1ccccc1.[c-]1cccc2c1Cc1ccccc1-2. The van der Waals surface area contributed by atoms with Gasteiger partial charge in [0.2, 0.25) is 0 Å². The third-order valence-corrected chi connectivity index (χ3v) is 8.40. The maximum atomic E-state index is 3.36. The molecule has 0 heterocycles. The summed E-state index contributed by atoms with van der Waals surface area (Å²) in [5, 5.41) is 0. The summed E-state index contributed by atoms with van der Waals surface area (Å²) < 4.78 is 1.42. The van der Waals surface area contributed by atoms with Gasteiger partial charge in [-0.25, -0.2) is 5.57 Å². The fourth-order valence-corrected chi connectivity index (χ4v) is 5.36. The first-order chi connectivity index (χ1) is 17.5. The monoisotopic (exact) mass is 612 g/mol. The fourth-order valence-electron chi connectivity index (χ4n) is 4.54. The molecule has 0 aromatic heterocycles. The van der Waals surface area contributed by atoms with E-state index in [9.17, 15) is 0 Å². The van der Waals surface area contributed by atoms with Crippen LogP contribution in [0.5, 0.6) is 0 Å². The van der Waals surface area contributed by atoms with Gasteiger partial charge in [-0.2, -0.15) is 41.0 Å². The van der Waals surface area contributed by atoms with Crippen molar-refractivity contribution < 1.29 is 49.0 Å². The predicted octanol–water partition coefficient (Wildman–Crippen LogP) is 2.59. The zero-order valence-electron chi connectivity index (χ0n) is 22.4. The molecule has 0 nitrogen and oxygen atoms in total. The maximum absolute atomic E-state index is 3.36. The Morgan fingerprint density at radius 3 is 1.74 bits per heavy atom. The Balaban J connectivity index is 0.000000200. The van der Waals surface area contributed by atoms with Gasteiger partial charge in [-0.1, -0.05) is 62.1 Å². The molecule has 0 bridgehead atoms. The van der Waals surface area contributed by atoms with Crippen molar-refractivity contribution in [1.82, 2.24) is 0 Å². The Kier molecular flexibility index (Phi) is 12.9. The molecule has 1 atom stereocenters. The van der Waals surface area contributed by atoms with Gasteiger partial charge < -0.3 is 24.8 Å². The number of rotatable bonds is 2. The number of allylic oxidation sites excluding steroid dienone is 4.